The molecule has 0 saturated carbocycles. The lowest BCUT2D eigenvalue weighted by atomic mass is 10.0. The molecule has 10 heavy (non-hydrogen) atoms. The largest absolute Gasteiger partial charge is 0.380 e. The average Bonchev–Trinajstić information content (AvgIpc) is 1.89. The molecule has 1 fully saturated rings. The van der Waals surface area contributed by atoms with Crippen molar-refractivity contribution in [2.45, 2.75) is 44.3 Å². The van der Waals surface area contributed by atoms with Gasteiger partial charge in [-0.2, -0.15) is 0 Å². The summed E-state index contributed by atoms with van der Waals surface area (Å²) in [4.78, 5) is 0. The van der Waals surface area contributed by atoms with Crippen molar-refractivity contribution in [3.8, 4) is 0 Å². The number of rotatable bonds is 2. The van der Waals surface area contributed by atoms with Crippen LogP contribution in [-0.4, -0.2) is 22.1 Å². The molecule has 0 bridgehead atoms. The molecule has 1 aliphatic heterocycles. The van der Waals surface area contributed by atoms with Crippen molar-refractivity contribution in [1.82, 2.24) is 0 Å². The predicted octanol–water partition coefficient (Wildman–Crippen LogP) is 1.05. The third-order valence-electron chi connectivity index (χ3n) is 2.33. The molecule has 1 saturated heterocycles. The van der Waals surface area contributed by atoms with Gasteiger partial charge < -0.3 is 4.74 Å². The highest BCUT2D eigenvalue weighted by atomic mass is 28.1. The van der Waals surface area contributed by atoms with E-state index in [0.717, 1.165) is 6.61 Å². The minimum atomic E-state index is 0.368. The molecule has 1 nitrogen and oxygen atoms in total. The van der Waals surface area contributed by atoms with Crippen molar-refractivity contribution < 1.29 is 4.74 Å². The summed E-state index contributed by atoms with van der Waals surface area (Å²) < 4.78 is 5.77. The van der Waals surface area contributed by atoms with E-state index in [1.54, 1.807) is 0 Å². The Hall–Kier alpha value is 0.177. The van der Waals surface area contributed by atoms with Crippen LogP contribution in [0.15, 0.2) is 0 Å². The first-order chi connectivity index (χ1) is 4.77. The van der Waals surface area contributed by atoms with E-state index in [1.165, 1.54) is 42.3 Å². The standard InChI is InChI=1S/C8H18OSi/c1-2-5-8(10)6-3-4-7-9-8/h2-7H2,1,10H3. The lowest BCUT2D eigenvalue weighted by Crippen LogP contribution is -2.36. The molecule has 0 N–H and O–H groups in total. The highest BCUT2D eigenvalue weighted by Gasteiger charge is 2.25. The summed E-state index contributed by atoms with van der Waals surface area (Å²) in [5.74, 6) is 0. The molecule has 2 heteroatoms. The summed E-state index contributed by atoms with van der Waals surface area (Å²) in [6.07, 6.45) is 6.58. The van der Waals surface area contributed by atoms with Crippen LogP contribution in [0.1, 0.15) is 39.0 Å². The monoisotopic (exact) mass is 158 g/mol. The molecule has 1 rings (SSSR count). The van der Waals surface area contributed by atoms with Crippen molar-refractivity contribution in [3.05, 3.63) is 0 Å². The first-order valence-corrected chi connectivity index (χ1v) is 5.41. The molecule has 0 radical (unpaired) electrons. The SMILES string of the molecule is CCCC1([SiH3])CCCCO1. The summed E-state index contributed by atoms with van der Waals surface area (Å²) in [5.41, 5.74) is 0. The van der Waals surface area contributed by atoms with Crippen molar-refractivity contribution in [2.24, 2.45) is 0 Å². The van der Waals surface area contributed by atoms with Gasteiger partial charge in [0.15, 0.2) is 0 Å². The highest BCUT2D eigenvalue weighted by molar-refractivity contribution is 6.14. The van der Waals surface area contributed by atoms with Gasteiger partial charge in [-0.25, -0.2) is 0 Å². The summed E-state index contributed by atoms with van der Waals surface area (Å²) >= 11 is 0. The van der Waals surface area contributed by atoms with E-state index in [1.807, 2.05) is 0 Å². The minimum Gasteiger partial charge on any atom is -0.380 e. The molecular weight excluding hydrogens is 140 g/mol. The molecule has 1 aliphatic rings. The van der Waals surface area contributed by atoms with Crippen molar-refractivity contribution in [1.29, 1.82) is 0 Å². The van der Waals surface area contributed by atoms with E-state index in [2.05, 4.69) is 6.92 Å². The Morgan fingerprint density at radius 3 is 2.80 bits per heavy atom. The summed E-state index contributed by atoms with van der Waals surface area (Å²) in [6, 6.07) is 0. The van der Waals surface area contributed by atoms with Crippen LogP contribution in [-0.2, 0) is 4.74 Å². The molecule has 1 heterocycles. The van der Waals surface area contributed by atoms with Gasteiger partial charge in [0.05, 0.1) is 0 Å². The van der Waals surface area contributed by atoms with Gasteiger partial charge in [-0.3, -0.25) is 0 Å². The van der Waals surface area contributed by atoms with E-state index < -0.39 is 0 Å². The van der Waals surface area contributed by atoms with E-state index >= 15 is 0 Å². The lowest BCUT2D eigenvalue weighted by Gasteiger charge is -2.33. The van der Waals surface area contributed by atoms with Crippen LogP contribution in [0, 0.1) is 0 Å². The highest BCUT2D eigenvalue weighted by Crippen LogP contribution is 2.25. The maximum atomic E-state index is 5.77. The van der Waals surface area contributed by atoms with Gasteiger partial charge in [0.25, 0.3) is 0 Å². The van der Waals surface area contributed by atoms with Crippen LogP contribution in [0.25, 0.3) is 0 Å². The van der Waals surface area contributed by atoms with E-state index in [0.29, 0.717) is 5.22 Å². The third kappa shape index (κ3) is 2.10. The Balaban J connectivity index is 2.32. The van der Waals surface area contributed by atoms with E-state index in [4.69, 9.17) is 4.74 Å². The van der Waals surface area contributed by atoms with Gasteiger partial charge in [-0.15, -0.1) is 0 Å². The summed E-state index contributed by atoms with van der Waals surface area (Å²) in [6.45, 7) is 3.26. The molecule has 0 aromatic rings. The molecule has 0 spiro atoms. The predicted molar refractivity (Wildman–Crippen MR) is 47.4 cm³/mol. The van der Waals surface area contributed by atoms with Gasteiger partial charge in [0.1, 0.15) is 0 Å². The van der Waals surface area contributed by atoms with Crippen LogP contribution in [0.4, 0.5) is 0 Å². The Kier molecular flexibility index (Phi) is 2.92. The van der Waals surface area contributed by atoms with E-state index in [9.17, 15) is 0 Å². The topological polar surface area (TPSA) is 9.23 Å². The maximum Gasteiger partial charge on any atom is 0.0485 e. The zero-order valence-corrected chi connectivity index (χ0v) is 9.15. The first kappa shape index (κ1) is 8.28. The molecule has 0 aliphatic carbocycles. The van der Waals surface area contributed by atoms with Crippen LogP contribution in [0.3, 0.4) is 0 Å². The van der Waals surface area contributed by atoms with Crippen molar-refractivity contribution in [2.75, 3.05) is 6.61 Å². The molecule has 0 amide bonds. The fraction of sp³-hybridized carbons (Fsp3) is 1.00. The lowest BCUT2D eigenvalue weighted by molar-refractivity contribution is -0.0229. The number of hydrogen-bond donors (Lipinski definition) is 0. The van der Waals surface area contributed by atoms with Crippen LogP contribution in [0.2, 0.25) is 0 Å². The average molecular weight is 158 g/mol. The Labute approximate surface area is 66.6 Å². The van der Waals surface area contributed by atoms with Gasteiger partial charge in [0.2, 0.25) is 0 Å². The zero-order valence-electron chi connectivity index (χ0n) is 7.15. The molecular formula is C8H18OSi. The molecule has 0 aromatic carbocycles. The second-order valence-corrected chi connectivity index (χ2v) is 5.33. The van der Waals surface area contributed by atoms with Crippen LogP contribution >= 0.6 is 0 Å². The molecule has 60 valence electrons. The Bertz CT molecular complexity index is 91.9. The Morgan fingerprint density at radius 1 is 1.50 bits per heavy atom. The van der Waals surface area contributed by atoms with Gasteiger partial charge in [-0.1, -0.05) is 13.3 Å². The van der Waals surface area contributed by atoms with Crippen LogP contribution < -0.4 is 0 Å². The second-order valence-electron chi connectivity index (χ2n) is 3.51. The minimum absolute atomic E-state index is 0.368. The number of ether oxygens (including phenoxy) is 1. The zero-order chi connectivity index (χ0) is 7.45. The summed E-state index contributed by atoms with van der Waals surface area (Å²) in [7, 11) is 1.22. The number of hydrogen-bond acceptors (Lipinski definition) is 1. The molecule has 1 unspecified atom stereocenters. The third-order valence-corrected chi connectivity index (χ3v) is 3.62. The molecule has 0 aromatic heterocycles. The summed E-state index contributed by atoms with van der Waals surface area (Å²) in [5, 5.41) is 0.368. The maximum absolute atomic E-state index is 5.77. The fourth-order valence-corrected chi connectivity index (χ4v) is 2.78. The fourth-order valence-electron chi connectivity index (χ4n) is 1.72. The van der Waals surface area contributed by atoms with Gasteiger partial charge in [-0.05, 0) is 25.7 Å². The van der Waals surface area contributed by atoms with Gasteiger partial charge in [0, 0.05) is 22.1 Å². The van der Waals surface area contributed by atoms with Crippen LogP contribution in [0.5, 0.6) is 0 Å². The normalized spacial score (nSPS) is 34.5. The van der Waals surface area contributed by atoms with Gasteiger partial charge >= 0.3 is 0 Å². The smallest absolute Gasteiger partial charge is 0.0485 e. The van der Waals surface area contributed by atoms with E-state index in [-0.39, 0.29) is 0 Å². The van der Waals surface area contributed by atoms with Crippen molar-refractivity contribution in [3.63, 3.8) is 0 Å². The molecule has 1 atom stereocenters. The second kappa shape index (κ2) is 3.53. The first-order valence-electron chi connectivity index (χ1n) is 4.41. The van der Waals surface area contributed by atoms with Crippen molar-refractivity contribution >= 4 is 10.2 Å². The Morgan fingerprint density at radius 2 is 2.30 bits per heavy atom. The quantitative estimate of drug-likeness (QED) is 0.546.